The van der Waals surface area contributed by atoms with Crippen molar-refractivity contribution in [3.63, 3.8) is 0 Å². The summed E-state index contributed by atoms with van der Waals surface area (Å²) < 4.78 is 2.34. The molecule has 0 unspecified atom stereocenters. The summed E-state index contributed by atoms with van der Waals surface area (Å²) in [5.74, 6) is 0. The number of fused-ring (bicyclic) bond motifs is 5. The monoisotopic (exact) mass is 672 g/mol. The van der Waals surface area contributed by atoms with Gasteiger partial charge in [-0.1, -0.05) is 164 Å². The van der Waals surface area contributed by atoms with Crippen LogP contribution >= 0.6 is 0 Å². The van der Waals surface area contributed by atoms with Crippen LogP contribution in [0.4, 0.5) is 0 Å². The molecule has 0 bridgehead atoms. The zero-order valence-corrected chi connectivity index (χ0v) is 28.9. The van der Waals surface area contributed by atoms with Gasteiger partial charge in [-0.25, -0.2) is 0 Å². The van der Waals surface area contributed by atoms with E-state index < -0.39 is 0 Å². The number of aromatic nitrogens is 1. The molecular formula is C51H32N2. The largest absolute Gasteiger partial charge is 0.309 e. The van der Waals surface area contributed by atoms with Crippen LogP contribution in [0.1, 0.15) is 5.56 Å². The average molecular weight is 673 g/mol. The Hall–Kier alpha value is -7.21. The Morgan fingerprint density at radius 2 is 0.755 bits per heavy atom. The minimum absolute atomic E-state index is 0.658. The molecule has 0 aliphatic heterocycles. The number of hydrogen-bond donors (Lipinski definition) is 0. The molecular weight excluding hydrogens is 641 g/mol. The van der Waals surface area contributed by atoms with E-state index in [1.54, 1.807) is 0 Å². The maximum Gasteiger partial charge on any atom is 0.0998 e. The quantitative estimate of drug-likeness (QED) is 0.167. The molecule has 0 fully saturated rings. The van der Waals surface area contributed by atoms with Gasteiger partial charge in [-0.3, -0.25) is 0 Å². The molecule has 0 amide bonds. The van der Waals surface area contributed by atoms with Crippen LogP contribution in [-0.2, 0) is 0 Å². The van der Waals surface area contributed by atoms with Crippen molar-refractivity contribution in [3.8, 4) is 56.3 Å². The Bertz CT molecular complexity index is 2920. The van der Waals surface area contributed by atoms with Crippen LogP contribution in [0.3, 0.4) is 0 Å². The molecule has 2 heteroatoms. The first kappa shape index (κ1) is 30.6. The predicted octanol–water partition coefficient (Wildman–Crippen LogP) is 13.6. The second-order valence-corrected chi connectivity index (χ2v) is 13.6. The van der Waals surface area contributed by atoms with E-state index in [2.05, 4.69) is 205 Å². The number of para-hydroxylation sites is 2. The zero-order valence-electron chi connectivity index (χ0n) is 28.9. The van der Waals surface area contributed by atoms with Crippen molar-refractivity contribution < 1.29 is 0 Å². The van der Waals surface area contributed by atoms with Crippen molar-refractivity contribution >= 4 is 43.4 Å². The maximum atomic E-state index is 10.5. The highest BCUT2D eigenvalue weighted by Crippen LogP contribution is 2.44. The molecule has 10 rings (SSSR count). The third-order valence-corrected chi connectivity index (χ3v) is 10.7. The normalized spacial score (nSPS) is 11.4. The van der Waals surface area contributed by atoms with Crippen LogP contribution in [0.5, 0.6) is 0 Å². The van der Waals surface area contributed by atoms with E-state index in [9.17, 15) is 5.26 Å². The van der Waals surface area contributed by atoms with Gasteiger partial charge >= 0.3 is 0 Å². The minimum Gasteiger partial charge on any atom is -0.309 e. The van der Waals surface area contributed by atoms with Gasteiger partial charge in [0.1, 0.15) is 0 Å². The van der Waals surface area contributed by atoms with E-state index in [-0.39, 0.29) is 0 Å². The number of nitrogens with zero attached hydrogens (tertiary/aromatic N) is 2. The van der Waals surface area contributed by atoms with Gasteiger partial charge in [-0.15, -0.1) is 0 Å². The molecule has 1 aromatic heterocycles. The summed E-state index contributed by atoms with van der Waals surface area (Å²) in [6.45, 7) is 0. The summed E-state index contributed by atoms with van der Waals surface area (Å²) in [7, 11) is 0. The third kappa shape index (κ3) is 5.02. The van der Waals surface area contributed by atoms with Gasteiger partial charge in [0.25, 0.3) is 0 Å². The Balaban J connectivity index is 1.01. The highest BCUT2D eigenvalue weighted by molar-refractivity contribution is 6.21. The molecule has 0 spiro atoms. The molecule has 0 radical (unpaired) electrons. The van der Waals surface area contributed by atoms with Crippen LogP contribution in [0.2, 0.25) is 0 Å². The summed E-state index contributed by atoms with van der Waals surface area (Å²) in [6.07, 6.45) is 0. The van der Waals surface area contributed by atoms with Crippen LogP contribution in [0, 0.1) is 11.3 Å². The molecule has 53 heavy (non-hydrogen) atoms. The second-order valence-electron chi connectivity index (χ2n) is 13.6. The fraction of sp³-hybridized carbons (Fsp3) is 0. The SMILES string of the molecule is N#Cc1cc(-c2c3ccccc3c(-c3ccccc3)c3ccccc23)ccc1-c1ccc(-c2ccc(-n3c4ccccc4c4ccccc43)cc2)cc1. The van der Waals surface area contributed by atoms with Gasteiger partial charge in [0.2, 0.25) is 0 Å². The molecule has 246 valence electrons. The molecule has 0 atom stereocenters. The molecule has 10 aromatic rings. The lowest BCUT2D eigenvalue weighted by Crippen LogP contribution is -1.93. The van der Waals surface area contributed by atoms with E-state index in [1.165, 1.54) is 54.5 Å². The van der Waals surface area contributed by atoms with Gasteiger partial charge in [0.05, 0.1) is 22.7 Å². The average Bonchev–Trinajstić information content (AvgIpc) is 3.57. The highest BCUT2D eigenvalue weighted by Gasteiger charge is 2.18. The smallest absolute Gasteiger partial charge is 0.0998 e. The Labute approximate surface area is 308 Å². The number of rotatable bonds is 5. The minimum atomic E-state index is 0.658. The summed E-state index contributed by atoms with van der Waals surface area (Å²) in [5, 5.41) is 17.8. The standard InChI is InChI=1S/C51H32N2/c52-33-39-32-38(51-46-18-6-4-16-44(46)50(37-12-2-1-3-13-37)45-17-5-7-19-47(45)51)28-31-41(39)36-24-22-34(23-25-36)35-26-29-40(30-27-35)53-48-20-10-8-14-42(48)43-15-9-11-21-49(43)53/h1-32H. The number of hydrogen-bond acceptors (Lipinski definition) is 1. The third-order valence-electron chi connectivity index (χ3n) is 10.7. The van der Waals surface area contributed by atoms with Crippen LogP contribution in [-0.4, -0.2) is 4.57 Å². The van der Waals surface area contributed by atoms with E-state index in [4.69, 9.17) is 0 Å². The van der Waals surface area contributed by atoms with Crippen LogP contribution in [0.25, 0.3) is 93.5 Å². The summed E-state index contributed by atoms with van der Waals surface area (Å²) >= 11 is 0. The van der Waals surface area contributed by atoms with Crippen LogP contribution < -0.4 is 0 Å². The molecule has 0 saturated heterocycles. The molecule has 0 aliphatic rings. The Morgan fingerprint density at radius 1 is 0.340 bits per heavy atom. The molecule has 1 heterocycles. The molecule has 0 N–H and O–H groups in total. The van der Waals surface area contributed by atoms with E-state index >= 15 is 0 Å². The van der Waals surface area contributed by atoms with Gasteiger partial charge in [-0.05, 0) is 96.4 Å². The van der Waals surface area contributed by atoms with E-state index in [1.807, 2.05) is 0 Å². The fourth-order valence-corrected chi connectivity index (χ4v) is 8.25. The van der Waals surface area contributed by atoms with Crippen molar-refractivity contribution in [2.45, 2.75) is 0 Å². The van der Waals surface area contributed by atoms with E-state index in [0.29, 0.717) is 5.56 Å². The lowest BCUT2D eigenvalue weighted by Gasteiger charge is -2.18. The number of nitriles is 1. The van der Waals surface area contributed by atoms with Crippen molar-refractivity contribution in [1.29, 1.82) is 5.26 Å². The van der Waals surface area contributed by atoms with Crippen molar-refractivity contribution in [1.82, 2.24) is 4.57 Å². The van der Waals surface area contributed by atoms with Crippen LogP contribution in [0.15, 0.2) is 194 Å². The first-order valence-corrected chi connectivity index (χ1v) is 18.0. The van der Waals surface area contributed by atoms with Crippen molar-refractivity contribution in [3.05, 3.63) is 200 Å². The Morgan fingerprint density at radius 3 is 1.28 bits per heavy atom. The molecule has 2 nitrogen and oxygen atoms in total. The summed E-state index contributed by atoms with van der Waals surface area (Å²) in [4.78, 5) is 0. The maximum absolute atomic E-state index is 10.5. The molecule has 0 aliphatic carbocycles. The van der Waals surface area contributed by atoms with Gasteiger partial charge in [-0.2, -0.15) is 5.26 Å². The second kappa shape index (κ2) is 12.5. The van der Waals surface area contributed by atoms with Crippen molar-refractivity contribution in [2.75, 3.05) is 0 Å². The summed E-state index contributed by atoms with van der Waals surface area (Å²) in [6, 6.07) is 71.3. The van der Waals surface area contributed by atoms with E-state index in [0.717, 1.165) is 39.1 Å². The van der Waals surface area contributed by atoms with Gasteiger partial charge < -0.3 is 4.57 Å². The molecule has 0 saturated carbocycles. The topological polar surface area (TPSA) is 28.7 Å². The fourth-order valence-electron chi connectivity index (χ4n) is 8.25. The predicted molar refractivity (Wildman–Crippen MR) is 222 cm³/mol. The number of benzene rings is 9. The highest BCUT2D eigenvalue weighted by atomic mass is 15.0. The van der Waals surface area contributed by atoms with Gasteiger partial charge in [0, 0.05) is 16.5 Å². The lowest BCUT2D eigenvalue weighted by atomic mass is 9.85. The first-order valence-electron chi connectivity index (χ1n) is 18.0. The van der Waals surface area contributed by atoms with Crippen molar-refractivity contribution in [2.24, 2.45) is 0 Å². The summed E-state index contributed by atoms with van der Waals surface area (Å²) in [5.41, 5.74) is 13.1. The Kier molecular flexibility index (Phi) is 7.23. The van der Waals surface area contributed by atoms with Gasteiger partial charge in [0.15, 0.2) is 0 Å². The zero-order chi connectivity index (χ0) is 35.3. The first-order chi connectivity index (χ1) is 26.3. The lowest BCUT2D eigenvalue weighted by molar-refractivity contribution is 1.18. The molecule has 9 aromatic carbocycles.